The summed E-state index contributed by atoms with van der Waals surface area (Å²) in [6.07, 6.45) is 2.32. The summed E-state index contributed by atoms with van der Waals surface area (Å²) >= 11 is 6.08. The van der Waals surface area contributed by atoms with Crippen LogP contribution >= 0.6 is 11.6 Å². The maximum Gasteiger partial charge on any atom is 0.249 e. The molecule has 1 saturated heterocycles. The quantitative estimate of drug-likeness (QED) is 0.797. The summed E-state index contributed by atoms with van der Waals surface area (Å²) in [6.45, 7) is 1.19. The van der Waals surface area contributed by atoms with Crippen molar-refractivity contribution in [2.75, 3.05) is 26.0 Å². The first kappa shape index (κ1) is 18.2. The molecule has 1 heterocycles. The Bertz CT molecular complexity index is 645. The fourth-order valence-corrected chi connectivity index (χ4v) is 3.37. The zero-order valence-corrected chi connectivity index (χ0v) is 14.6. The maximum atomic E-state index is 11.9. The minimum Gasteiger partial charge on any atom is -0.368 e. The SMILES string of the molecule is CS(=O)(=O)N(CCNC(=O)C1CCCO1)Cc1ccccc1Cl. The Balaban J connectivity index is 1.92. The maximum absolute atomic E-state index is 11.9. The molecule has 0 bridgehead atoms. The normalized spacial score (nSPS) is 18.3. The fraction of sp³-hybridized carbons (Fsp3) is 0.533. The second-order valence-corrected chi connectivity index (χ2v) is 7.87. The van der Waals surface area contributed by atoms with Crippen LogP contribution in [0.5, 0.6) is 0 Å². The van der Waals surface area contributed by atoms with Gasteiger partial charge in [-0.15, -0.1) is 0 Å². The van der Waals surface area contributed by atoms with Gasteiger partial charge < -0.3 is 10.1 Å². The Kier molecular flexibility index (Phi) is 6.41. The third-order valence-electron chi connectivity index (χ3n) is 3.66. The van der Waals surface area contributed by atoms with Crippen LogP contribution in [0.15, 0.2) is 24.3 Å². The summed E-state index contributed by atoms with van der Waals surface area (Å²) in [7, 11) is -3.40. The van der Waals surface area contributed by atoms with E-state index >= 15 is 0 Å². The Morgan fingerprint density at radius 1 is 1.43 bits per heavy atom. The summed E-state index contributed by atoms with van der Waals surface area (Å²) in [6, 6.07) is 7.10. The molecule has 1 atom stereocenters. The van der Waals surface area contributed by atoms with Gasteiger partial charge in [0.2, 0.25) is 15.9 Å². The number of benzene rings is 1. The molecule has 128 valence electrons. The zero-order chi connectivity index (χ0) is 16.9. The Morgan fingerprint density at radius 2 is 2.17 bits per heavy atom. The second-order valence-electron chi connectivity index (χ2n) is 5.48. The Hall–Kier alpha value is -1.15. The zero-order valence-electron chi connectivity index (χ0n) is 13.0. The standard InChI is InChI=1S/C15H21ClN2O4S/c1-23(20,21)18(11-12-5-2-3-6-13(12)16)9-8-17-15(19)14-7-4-10-22-14/h2-3,5-6,14H,4,7-11H2,1H3,(H,17,19). The van der Waals surface area contributed by atoms with Gasteiger partial charge in [-0.25, -0.2) is 8.42 Å². The van der Waals surface area contributed by atoms with Crippen LogP contribution < -0.4 is 5.32 Å². The molecule has 1 aromatic rings. The van der Waals surface area contributed by atoms with Crippen LogP contribution in [0.2, 0.25) is 5.02 Å². The first-order chi connectivity index (χ1) is 10.9. The molecule has 1 fully saturated rings. The van der Waals surface area contributed by atoms with Gasteiger partial charge in [0.1, 0.15) is 6.10 Å². The van der Waals surface area contributed by atoms with Crippen molar-refractivity contribution in [2.45, 2.75) is 25.5 Å². The van der Waals surface area contributed by atoms with E-state index in [0.717, 1.165) is 18.2 Å². The molecule has 23 heavy (non-hydrogen) atoms. The monoisotopic (exact) mass is 360 g/mol. The number of amides is 1. The molecule has 0 spiro atoms. The number of nitrogens with one attached hydrogen (secondary N) is 1. The highest BCUT2D eigenvalue weighted by Gasteiger charge is 2.24. The van der Waals surface area contributed by atoms with Gasteiger partial charge in [0.15, 0.2) is 0 Å². The predicted octanol–water partition coefficient (Wildman–Crippen LogP) is 1.40. The second kappa shape index (κ2) is 8.10. The summed E-state index contributed by atoms with van der Waals surface area (Å²) in [5, 5.41) is 3.24. The topological polar surface area (TPSA) is 75.7 Å². The summed E-state index contributed by atoms with van der Waals surface area (Å²) < 4.78 is 30.4. The first-order valence-electron chi connectivity index (χ1n) is 7.46. The molecule has 1 aliphatic heterocycles. The van der Waals surface area contributed by atoms with Crippen molar-refractivity contribution in [1.82, 2.24) is 9.62 Å². The van der Waals surface area contributed by atoms with Gasteiger partial charge in [0.05, 0.1) is 6.26 Å². The lowest BCUT2D eigenvalue weighted by atomic mass is 10.2. The third-order valence-corrected chi connectivity index (χ3v) is 5.27. The van der Waals surface area contributed by atoms with Gasteiger partial charge >= 0.3 is 0 Å². The molecule has 0 aromatic heterocycles. The van der Waals surface area contributed by atoms with Crippen LogP contribution in [-0.4, -0.2) is 50.7 Å². The molecule has 1 N–H and O–H groups in total. The number of ether oxygens (including phenoxy) is 1. The van der Waals surface area contributed by atoms with Crippen LogP contribution in [0.25, 0.3) is 0 Å². The van der Waals surface area contributed by atoms with E-state index in [-0.39, 0.29) is 25.5 Å². The van der Waals surface area contributed by atoms with Gasteiger partial charge in [0, 0.05) is 31.3 Å². The van der Waals surface area contributed by atoms with Crippen molar-refractivity contribution in [3.63, 3.8) is 0 Å². The smallest absolute Gasteiger partial charge is 0.249 e. The van der Waals surface area contributed by atoms with Crippen molar-refractivity contribution in [3.05, 3.63) is 34.9 Å². The Morgan fingerprint density at radius 3 is 2.78 bits per heavy atom. The van der Waals surface area contributed by atoms with Gasteiger partial charge in [-0.05, 0) is 24.5 Å². The molecule has 0 aliphatic carbocycles. The minimum atomic E-state index is -3.40. The van der Waals surface area contributed by atoms with E-state index in [1.807, 2.05) is 0 Å². The molecule has 8 heteroatoms. The van der Waals surface area contributed by atoms with E-state index in [1.54, 1.807) is 24.3 Å². The molecule has 1 amide bonds. The number of hydrogen-bond acceptors (Lipinski definition) is 4. The molecular weight excluding hydrogens is 340 g/mol. The average molecular weight is 361 g/mol. The highest BCUT2D eigenvalue weighted by Crippen LogP contribution is 2.18. The number of hydrogen-bond donors (Lipinski definition) is 1. The predicted molar refractivity (Wildman–Crippen MR) is 88.7 cm³/mol. The van der Waals surface area contributed by atoms with Crippen molar-refractivity contribution in [2.24, 2.45) is 0 Å². The van der Waals surface area contributed by atoms with Gasteiger partial charge in [-0.1, -0.05) is 29.8 Å². The molecule has 0 saturated carbocycles. The molecule has 6 nitrogen and oxygen atoms in total. The number of carbonyl (C=O) groups is 1. The lowest BCUT2D eigenvalue weighted by molar-refractivity contribution is -0.130. The largest absolute Gasteiger partial charge is 0.368 e. The average Bonchev–Trinajstić information content (AvgIpc) is 3.01. The summed E-state index contributed by atoms with van der Waals surface area (Å²) in [4.78, 5) is 11.9. The molecule has 2 rings (SSSR count). The van der Waals surface area contributed by atoms with Crippen LogP contribution in [0.1, 0.15) is 18.4 Å². The lowest BCUT2D eigenvalue weighted by Gasteiger charge is -2.21. The van der Waals surface area contributed by atoms with Crippen molar-refractivity contribution in [1.29, 1.82) is 0 Å². The van der Waals surface area contributed by atoms with E-state index in [1.165, 1.54) is 4.31 Å². The summed E-state index contributed by atoms with van der Waals surface area (Å²) in [5.74, 6) is -0.186. The Labute approximate surface area is 141 Å². The van der Waals surface area contributed by atoms with Gasteiger partial charge in [-0.3, -0.25) is 4.79 Å². The van der Waals surface area contributed by atoms with Crippen molar-refractivity contribution >= 4 is 27.5 Å². The number of rotatable bonds is 7. The molecule has 1 aromatic carbocycles. The molecule has 0 radical (unpaired) electrons. The van der Waals surface area contributed by atoms with E-state index in [0.29, 0.717) is 18.1 Å². The van der Waals surface area contributed by atoms with Crippen LogP contribution in [0.3, 0.4) is 0 Å². The lowest BCUT2D eigenvalue weighted by Crippen LogP contribution is -2.41. The van der Waals surface area contributed by atoms with Crippen molar-refractivity contribution < 1.29 is 17.9 Å². The third kappa shape index (κ3) is 5.46. The van der Waals surface area contributed by atoms with E-state index in [2.05, 4.69) is 5.32 Å². The molecule has 1 unspecified atom stereocenters. The molecular formula is C15H21ClN2O4S. The number of sulfonamides is 1. The van der Waals surface area contributed by atoms with E-state index in [4.69, 9.17) is 16.3 Å². The van der Waals surface area contributed by atoms with Crippen LogP contribution in [0.4, 0.5) is 0 Å². The van der Waals surface area contributed by atoms with Crippen LogP contribution in [-0.2, 0) is 26.1 Å². The molecule has 1 aliphatic rings. The van der Waals surface area contributed by atoms with E-state index < -0.39 is 16.1 Å². The first-order valence-corrected chi connectivity index (χ1v) is 9.68. The van der Waals surface area contributed by atoms with E-state index in [9.17, 15) is 13.2 Å². The highest BCUT2D eigenvalue weighted by atomic mass is 35.5. The number of nitrogens with zero attached hydrogens (tertiary/aromatic N) is 1. The highest BCUT2D eigenvalue weighted by molar-refractivity contribution is 7.88. The van der Waals surface area contributed by atoms with Crippen LogP contribution in [0, 0.1) is 0 Å². The number of halogens is 1. The minimum absolute atomic E-state index is 0.175. The van der Waals surface area contributed by atoms with Gasteiger partial charge in [-0.2, -0.15) is 4.31 Å². The van der Waals surface area contributed by atoms with Gasteiger partial charge in [0.25, 0.3) is 0 Å². The number of carbonyl (C=O) groups excluding carboxylic acids is 1. The summed E-state index contributed by atoms with van der Waals surface area (Å²) in [5.41, 5.74) is 0.727. The van der Waals surface area contributed by atoms with Crippen molar-refractivity contribution in [3.8, 4) is 0 Å². The fourth-order valence-electron chi connectivity index (χ4n) is 2.38.